The van der Waals surface area contributed by atoms with Gasteiger partial charge in [-0.1, -0.05) is 38.5 Å². The molecule has 0 radical (unpaired) electrons. The maximum absolute atomic E-state index is 13.3. The van der Waals surface area contributed by atoms with Crippen molar-refractivity contribution in [3.8, 4) is 0 Å². The van der Waals surface area contributed by atoms with E-state index in [1.807, 2.05) is 4.90 Å². The quantitative estimate of drug-likeness (QED) is 0.671. The van der Waals surface area contributed by atoms with Gasteiger partial charge in [0.05, 0.1) is 6.04 Å². The lowest BCUT2D eigenvalue weighted by atomic mass is 9.88. The van der Waals surface area contributed by atoms with Gasteiger partial charge in [-0.3, -0.25) is 14.5 Å². The predicted octanol–water partition coefficient (Wildman–Crippen LogP) is 4.89. The summed E-state index contributed by atoms with van der Waals surface area (Å²) in [5.74, 6) is 2.85. The predicted molar refractivity (Wildman–Crippen MR) is 124 cm³/mol. The van der Waals surface area contributed by atoms with Crippen LogP contribution in [0.2, 0.25) is 0 Å². The highest BCUT2D eigenvalue weighted by molar-refractivity contribution is 5.95. The molecule has 0 N–H and O–H groups in total. The van der Waals surface area contributed by atoms with Crippen LogP contribution in [0.3, 0.4) is 0 Å². The molecule has 3 fully saturated rings. The van der Waals surface area contributed by atoms with Gasteiger partial charge in [-0.05, 0) is 57.8 Å². The van der Waals surface area contributed by atoms with Gasteiger partial charge in [0, 0.05) is 36.7 Å². The lowest BCUT2D eigenvalue weighted by molar-refractivity contribution is -0.137. The van der Waals surface area contributed by atoms with E-state index >= 15 is 0 Å². The van der Waals surface area contributed by atoms with Gasteiger partial charge >= 0.3 is 0 Å². The number of aryl methyl sites for hydroxylation is 1. The van der Waals surface area contributed by atoms with Crippen LogP contribution in [0, 0.1) is 18.8 Å². The number of carbonyl (C=O) groups is 2. The Balaban J connectivity index is 1.42. The molecule has 5 rings (SSSR count). The lowest BCUT2D eigenvalue weighted by Crippen LogP contribution is -2.41. The van der Waals surface area contributed by atoms with Gasteiger partial charge in [0.15, 0.2) is 5.82 Å². The van der Waals surface area contributed by atoms with Gasteiger partial charge in [-0.25, -0.2) is 9.97 Å². The van der Waals surface area contributed by atoms with Crippen LogP contribution >= 0.6 is 0 Å². The molecule has 0 aromatic carbocycles. The molecule has 1 aromatic heterocycles. The van der Waals surface area contributed by atoms with Crippen molar-refractivity contribution < 1.29 is 9.59 Å². The van der Waals surface area contributed by atoms with Gasteiger partial charge in [-0.2, -0.15) is 0 Å². The second-order valence-electron chi connectivity index (χ2n) is 10.5. The van der Waals surface area contributed by atoms with E-state index in [4.69, 9.17) is 9.97 Å². The fraction of sp³-hybridized carbons (Fsp3) is 0.769. The zero-order chi connectivity index (χ0) is 22.1. The molecule has 2 aliphatic carbocycles. The number of hydrogen-bond donors (Lipinski definition) is 0. The van der Waals surface area contributed by atoms with Gasteiger partial charge in [0.1, 0.15) is 5.82 Å². The van der Waals surface area contributed by atoms with Crippen molar-refractivity contribution >= 4 is 17.6 Å². The summed E-state index contributed by atoms with van der Waals surface area (Å²) in [6.45, 7) is 3.65. The van der Waals surface area contributed by atoms with E-state index in [9.17, 15) is 9.59 Å². The molecule has 32 heavy (non-hydrogen) atoms. The Labute approximate surface area is 192 Å². The van der Waals surface area contributed by atoms with E-state index in [1.165, 1.54) is 51.4 Å². The minimum Gasteiger partial charge on any atom is -0.332 e. The van der Waals surface area contributed by atoms with Crippen LogP contribution in [-0.4, -0.2) is 39.8 Å². The molecule has 3 heterocycles. The number of fused-ring (bicyclic) bond motifs is 1. The van der Waals surface area contributed by atoms with Crippen LogP contribution in [0.4, 0.5) is 5.82 Å². The third-order valence-electron chi connectivity index (χ3n) is 8.31. The maximum atomic E-state index is 13.3. The number of aromatic nitrogens is 2. The highest BCUT2D eigenvalue weighted by atomic mass is 16.2. The van der Waals surface area contributed by atoms with Gasteiger partial charge < -0.3 is 4.90 Å². The van der Waals surface area contributed by atoms with Crippen molar-refractivity contribution in [1.82, 2.24) is 14.9 Å². The topological polar surface area (TPSA) is 66.4 Å². The van der Waals surface area contributed by atoms with Crippen molar-refractivity contribution in [1.29, 1.82) is 0 Å². The molecule has 1 saturated heterocycles. The molecule has 1 aromatic rings. The van der Waals surface area contributed by atoms with E-state index in [2.05, 4.69) is 11.8 Å². The molecule has 174 valence electrons. The summed E-state index contributed by atoms with van der Waals surface area (Å²) in [5, 5.41) is 0. The normalized spacial score (nSPS) is 25.3. The molecule has 2 amide bonds. The summed E-state index contributed by atoms with van der Waals surface area (Å²) in [5.41, 5.74) is 2.12. The Hall–Kier alpha value is -1.98. The average Bonchev–Trinajstić information content (AvgIpc) is 3.31. The van der Waals surface area contributed by atoms with Crippen LogP contribution in [0.25, 0.3) is 0 Å². The summed E-state index contributed by atoms with van der Waals surface area (Å²) in [6.07, 6.45) is 15.1. The van der Waals surface area contributed by atoms with Crippen LogP contribution in [0.5, 0.6) is 0 Å². The monoisotopic (exact) mass is 438 g/mol. The van der Waals surface area contributed by atoms with Crippen LogP contribution in [-0.2, 0) is 16.0 Å². The maximum Gasteiger partial charge on any atom is 0.228 e. The number of carbonyl (C=O) groups excluding carboxylic acids is 2. The number of amides is 2. The molecule has 0 spiro atoms. The zero-order valence-electron chi connectivity index (χ0n) is 19.7. The smallest absolute Gasteiger partial charge is 0.228 e. The number of likely N-dealkylation sites (tertiary alicyclic amines) is 1. The molecular weight excluding hydrogens is 400 g/mol. The van der Waals surface area contributed by atoms with Crippen molar-refractivity contribution in [2.75, 3.05) is 18.0 Å². The summed E-state index contributed by atoms with van der Waals surface area (Å²) in [6, 6.07) is -0.0398. The van der Waals surface area contributed by atoms with Gasteiger partial charge in [0.25, 0.3) is 0 Å². The second-order valence-corrected chi connectivity index (χ2v) is 10.5. The largest absolute Gasteiger partial charge is 0.332 e. The Morgan fingerprint density at radius 2 is 1.62 bits per heavy atom. The standard InChI is InChI=1S/C26H38N4O2/c1-18-21-14-15-23(31)30(17-19-9-4-2-5-10-19)25(21)28-24(27-18)22-13-8-16-29(22)26(32)20-11-6-3-7-12-20/h19-20,22H,2-17H2,1H3/t22-/m0/s1. The van der Waals surface area contributed by atoms with Crippen LogP contribution in [0.15, 0.2) is 0 Å². The second kappa shape index (κ2) is 9.48. The Kier molecular flexibility index (Phi) is 6.47. The highest BCUT2D eigenvalue weighted by Gasteiger charge is 2.38. The van der Waals surface area contributed by atoms with Crippen molar-refractivity contribution in [2.45, 2.75) is 103 Å². The fourth-order valence-electron chi connectivity index (χ4n) is 6.45. The van der Waals surface area contributed by atoms with Crippen molar-refractivity contribution in [3.63, 3.8) is 0 Å². The van der Waals surface area contributed by atoms with Crippen molar-refractivity contribution in [2.24, 2.45) is 11.8 Å². The molecule has 0 bridgehead atoms. The Morgan fingerprint density at radius 1 is 0.906 bits per heavy atom. The Morgan fingerprint density at radius 3 is 2.38 bits per heavy atom. The fourth-order valence-corrected chi connectivity index (χ4v) is 6.45. The molecular formula is C26H38N4O2. The number of rotatable bonds is 4. The molecule has 4 aliphatic rings. The van der Waals surface area contributed by atoms with Crippen molar-refractivity contribution in [3.05, 3.63) is 17.1 Å². The molecule has 1 atom stereocenters. The third-order valence-corrected chi connectivity index (χ3v) is 8.31. The first-order valence-corrected chi connectivity index (χ1v) is 13.1. The van der Waals surface area contributed by atoms with E-state index in [0.29, 0.717) is 18.2 Å². The molecule has 0 unspecified atom stereocenters. The average molecular weight is 439 g/mol. The molecule has 6 nitrogen and oxygen atoms in total. The number of anilines is 1. The first-order chi connectivity index (χ1) is 15.6. The minimum atomic E-state index is -0.0398. The van der Waals surface area contributed by atoms with Crippen LogP contribution < -0.4 is 4.90 Å². The molecule has 6 heteroatoms. The number of hydrogen-bond acceptors (Lipinski definition) is 4. The summed E-state index contributed by atoms with van der Waals surface area (Å²) in [4.78, 5) is 40.3. The van der Waals surface area contributed by atoms with E-state index in [1.54, 1.807) is 0 Å². The zero-order valence-corrected chi connectivity index (χ0v) is 19.7. The van der Waals surface area contributed by atoms with Gasteiger partial charge in [0.2, 0.25) is 11.8 Å². The SMILES string of the molecule is Cc1nc([C@@H]2CCCN2C(=O)C2CCCCC2)nc2c1CCC(=O)N2CC1CCCCC1. The highest BCUT2D eigenvalue weighted by Crippen LogP contribution is 2.37. The first-order valence-electron chi connectivity index (χ1n) is 13.1. The summed E-state index contributed by atoms with van der Waals surface area (Å²) < 4.78 is 0. The number of nitrogens with zero attached hydrogens (tertiary/aromatic N) is 4. The molecule has 2 saturated carbocycles. The summed E-state index contributed by atoms with van der Waals surface area (Å²) in [7, 11) is 0. The molecule has 2 aliphatic heterocycles. The van der Waals surface area contributed by atoms with E-state index < -0.39 is 0 Å². The lowest BCUT2D eigenvalue weighted by Gasteiger charge is -2.34. The van der Waals surface area contributed by atoms with Gasteiger partial charge in [-0.15, -0.1) is 0 Å². The third kappa shape index (κ3) is 4.29. The van der Waals surface area contributed by atoms with E-state index in [-0.39, 0.29) is 17.9 Å². The first kappa shape index (κ1) is 21.8. The minimum absolute atomic E-state index is 0.0398. The van der Waals surface area contributed by atoms with Crippen LogP contribution in [0.1, 0.15) is 107 Å². The summed E-state index contributed by atoms with van der Waals surface area (Å²) >= 11 is 0. The Bertz CT molecular complexity index is 858. The van der Waals surface area contributed by atoms with E-state index in [0.717, 1.165) is 68.1 Å².